The fourth-order valence-corrected chi connectivity index (χ4v) is 2.57. The predicted octanol–water partition coefficient (Wildman–Crippen LogP) is 3.88. The summed E-state index contributed by atoms with van der Waals surface area (Å²) < 4.78 is 7.29. The predicted molar refractivity (Wildman–Crippen MR) is 95.9 cm³/mol. The number of para-hydroxylation sites is 1. The van der Waals surface area contributed by atoms with Crippen molar-refractivity contribution in [2.45, 2.75) is 19.2 Å². The largest absolute Gasteiger partial charge is 0.496 e. The van der Waals surface area contributed by atoms with Crippen molar-refractivity contribution in [3.8, 4) is 17.0 Å². The van der Waals surface area contributed by atoms with E-state index in [9.17, 15) is 4.79 Å². The molecule has 1 amide bonds. The number of methoxy groups -OCH3 is 1. The van der Waals surface area contributed by atoms with E-state index >= 15 is 0 Å². The van der Waals surface area contributed by atoms with E-state index in [1.165, 1.54) is 0 Å². The molecule has 0 aliphatic carbocycles. The molecule has 3 rings (SSSR count). The molecule has 0 aliphatic rings. The highest BCUT2D eigenvalue weighted by atomic mass is 35.5. The third-order valence-electron chi connectivity index (χ3n) is 3.73. The van der Waals surface area contributed by atoms with Gasteiger partial charge >= 0.3 is 0 Å². The molecule has 0 saturated heterocycles. The lowest BCUT2D eigenvalue weighted by molar-refractivity contribution is -0.115. The van der Waals surface area contributed by atoms with Crippen molar-refractivity contribution in [2.24, 2.45) is 0 Å². The quantitative estimate of drug-likeness (QED) is 0.731. The zero-order valence-electron chi connectivity index (χ0n) is 13.7. The number of nitrogens with one attached hydrogen (secondary N) is 1. The van der Waals surface area contributed by atoms with Crippen molar-refractivity contribution in [1.29, 1.82) is 0 Å². The molecule has 0 saturated carbocycles. The minimum Gasteiger partial charge on any atom is -0.496 e. The lowest BCUT2D eigenvalue weighted by Gasteiger charge is -2.11. The molecule has 0 bridgehead atoms. The summed E-state index contributed by atoms with van der Waals surface area (Å²) in [5.41, 5.74) is 3.24. The van der Waals surface area contributed by atoms with E-state index in [1.807, 2.05) is 53.9 Å². The van der Waals surface area contributed by atoms with Crippen LogP contribution in [-0.2, 0) is 4.79 Å². The first kappa shape index (κ1) is 16.3. The molecule has 24 heavy (non-hydrogen) atoms. The molecule has 124 valence electrons. The van der Waals surface area contributed by atoms with Crippen LogP contribution in [0.25, 0.3) is 16.9 Å². The van der Waals surface area contributed by atoms with Crippen LogP contribution in [0, 0.1) is 6.92 Å². The number of anilines is 1. The lowest BCUT2D eigenvalue weighted by atomic mass is 10.1. The Morgan fingerprint density at radius 3 is 2.75 bits per heavy atom. The highest BCUT2D eigenvalue weighted by Crippen LogP contribution is 2.35. The number of hydrogen-bond acceptors (Lipinski definition) is 3. The van der Waals surface area contributed by atoms with Crippen molar-refractivity contribution in [3.05, 3.63) is 48.2 Å². The van der Waals surface area contributed by atoms with Gasteiger partial charge in [0.1, 0.15) is 28.3 Å². The second kappa shape index (κ2) is 6.53. The maximum Gasteiger partial charge on any atom is 0.243 e. The number of fused-ring (bicyclic) bond motifs is 1. The minimum absolute atomic E-state index is 0.281. The van der Waals surface area contributed by atoms with Gasteiger partial charge in [-0.05, 0) is 37.6 Å². The summed E-state index contributed by atoms with van der Waals surface area (Å²) in [4.78, 5) is 16.8. The SMILES string of the molecule is COc1ccccc1-c1nc2ccc(C)cn2c1NC(=O)[C@@H](C)Cl. The summed E-state index contributed by atoms with van der Waals surface area (Å²) in [7, 11) is 1.61. The van der Waals surface area contributed by atoms with Gasteiger partial charge in [0.25, 0.3) is 0 Å². The van der Waals surface area contributed by atoms with Gasteiger partial charge in [-0.1, -0.05) is 18.2 Å². The Kier molecular flexibility index (Phi) is 4.44. The van der Waals surface area contributed by atoms with E-state index in [0.29, 0.717) is 17.3 Å². The highest BCUT2D eigenvalue weighted by Gasteiger charge is 2.20. The first-order valence-corrected chi connectivity index (χ1v) is 8.02. The summed E-state index contributed by atoms with van der Waals surface area (Å²) in [6, 6.07) is 11.5. The van der Waals surface area contributed by atoms with E-state index in [4.69, 9.17) is 16.3 Å². The van der Waals surface area contributed by atoms with Crippen molar-refractivity contribution in [1.82, 2.24) is 9.38 Å². The molecule has 1 N–H and O–H groups in total. The van der Waals surface area contributed by atoms with Gasteiger partial charge in [-0.3, -0.25) is 9.20 Å². The first-order chi connectivity index (χ1) is 11.5. The summed E-state index contributed by atoms with van der Waals surface area (Å²) in [5, 5.41) is 2.24. The summed E-state index contributed by atoms with van der Waals surface area (Å²) in [5.74, 6) is 0.985. The van der Waals surface area contributed by atoms with Gasteiger partial charge in [-0.25, -0.2) is 4.98 Å². The molecule has 5 nitrogen and oxygen atoms in total. The van der Waals surface area contributed by atoms with E-state index in [-0.39, 0.29) is 5.91 Å². The zero-order chi connectivity index (χ0) is 17.3. The lowest BCUT2D eigenvalue weighted by Crippen LogP contribution is -2.21. The van der Waals surface area contributed by atoms with Crippen molar-refractivity contribution < 1.29 is 9.53 Å². The number of hydrogen-bond donors (Lipinski definition) is 1. The standard InChI is InChI=1S/C18H18ClN3O2/c1-11-8-9-15-20-16(13-6-4-5-7-14(13)24-3)17(22(15)10-11)21-18(23)12(2)19/h4-10,12H,1-3H3,(H,21,23)/t12-/m1/s1. The number of halogens is 1. The number of aryl methyl sites for hydroxylation is 1. The Hall–Kier alpha value is -2.53. The Morgan fingerprint density at radius 2 is 2.04 bits per heavy atom. The van der Waals surface area contributed by atoms with Crippen LogP contribution in [0.3, 0.4) is 0 Å². The molecular weight excluding hydrogens is 326 g/mol. The number of alkyl halides is 1. The van der Waals surface area contributed by atoms with Gasteiger partial charge < -0.3 is 10.1 Å². The number of imidazole rings is 1. The van der Waals surface area contributed by atoms with Gasteiger partial charge in [0.2, 0.25) is 5.91 Å². The fraction of sp³-hybridized carbons (Fsp3) is 0.222. The van der Waals surface area contributed by atoms with Crippen LogP contribution in [0.4, 0.5) is 5.82 Å². The van der Waals surface area contributed by atoms with E-state index < -0.39 is 5.38 Å². The van der Waals surface area contributed by atoms with Crippen LogP contribution >= 0.6 is 11.6 Å². The number of ether oxygens (including phenoxy) is 1. The van der Waals surface area contributed by atoms with Crippen LogP contribution in [0.5, 0.6) is 5.75 Å². The minimum atomic E-state index is -0.647. The molecule has 0 spiro atoms. The molecule has 0 fully saturated rings. The molecule has 0 aliphatic heterocycles. The Morgan fingerprint density at radius 1 is 1.29 bits per heavy atom. The van der Waals surface area contributed by atoms with Gasteiger partial charge in [0.15, 0.2) is 0 Å². The van der Waals surface area contributed by atoms with Crippen LogP contribution in [0.2, 0.25) is 0 Å². The van der Waals surface area contributed by atoms with Gasteiger partial charge in [-0.2, -0.15) is 0 Å². The maximum atomic E-state index is 12.2. The first-order valence-electron chi connectivity index (χ1n) is 7.58. The number of nitrogens with zero attached hydrogens (tertiary/aromatic N) is 2. The van der Waals surface area contributed by atoms with E-state index in [1.54, 1.807) is 14.0 Å². The van der Waals surface area contributed by atoms with Gasteiger partial charge in [-0.15, -0.1) is 11.6 Å². The van der Waals surface area contributed by atoms with E-state index in [0.717, 1.165) is 16.8 Å². The average molecular weight is 344 g/mol. The Bertz CT molecular complexity index is 902. The molecular formula is C18H18ClN3O2. The molecule has 1 atom stereocenters. The van der Waals surface area contributed by atoms with Crippen LogP contribution in [-0.4, -0.2) is 27.8 Å². The maximum absolute atomic E-state index is 12.2. The second-order valence-corrected chi connectivity index (χ2v) is 6.20. The number of rotatable bonds is 4. The van der Waals surface area contributed by atoms with Crippen molar-refractivity contribution >= 4 is 29.0 Å². The third-order valence-corrected chi connectivity index (χ3v) is 3.93. The van der Waals surface area contributed by atoms with Crippen molar-refractivity contribution in [2.75, 3.05) is 12.4 Å². The average Bonchev–Trinajstić information content (AvgIpc) is 2.92. The molecule has 1 aromatic carbocycles. The number of benzene rings is 1. The number of amides is 1. The van der Waals surface area contributed by atoms with Gasteiger partial charge in [0, 0.05) is 11.8 Å². The Balaban J connectivity index is 2.24. The highest BCUT2D eigenvalue weighted by molar-refractivity contribution is 6.32. The summed E-state index contributed by atoms with van der Waals surface area (Å²) in [6.45, 7) is 3.62. The van der Waals surface area contributed by atoms with Crippen LogP contribution < -0.4 is 10.1 Å². The van der Waals surface area contributed by atoms with Gasteiger partial charge in [0.05, 0.1) is 7.11 Å². The topological polar surface area (TPSA) is 55.6 Å². The number of carbonyl (C=O) groups is 1. The number of carbonyl (C=O) groups excluding carboxylic acids is 1. The Labute approximate surface area is 145 Å². The molecule has 2 heterocycles. The smallest absolute Gasteiger partial charge is 0.243 e. The zero-order valence-corrected chi connectivity index (χ0v) is 14.5. The normalized spacial score (nSPS) is 12.2. The number of aromatic nitrogens is 2. The molecule has 6 heteroatoms. The third kappa shape index (κ3) is 2.95. The van der Waals surface area contributed by atoms with Crippen molar-refractivity contribution in [3.63, 3.8) is 0 Å². The second-order valence-electron chi connectivity index (χ2n) is 5.55. The van der Waals surface area contributed by atoms with E-state index in [2.05, 4.69) is 10.3 Å². The van der Waals surface area contributed by atoms with Crippen LogP contribution in [0.15, 0.2) is 42.6 Å². The molecule has 3 aromatic rings. The summed E-state index contributed by atoms with van der Waals surface area (Å²) in [6.07, 6.45) is 1.93. The molecule has 0 unspecified atom stereocenters. The monoisotopic (exact) mass is 343 g/mol. The molecule has 0 radical (unpaired) electrons. The summed E-state index contributed by atoms with van der Waals surface area (Å²) >= 11 is 5.92. The molecule has 2 aromatic heterocycles. The van der Waals surface area contributed by atoms with Crippen LogP contribution in [0.1, 0.15) is 12.5 Å². The number of pyridine rings is 1. The fourth-order valence-electron chi connectivity index (χ4n) is 2.51.